The van der Waals surface area contributed by atoms with Crippen molar-refractivity contribution < 1.29 is 29.0 Å². The third-order valence-corrected chi connectivity index (χ3v) is 6.17. The number of benzene rings is 2. The molecule has 1 fully saturated rings. The number of carbonyl (C=O) groups excluding carboxylic acids is 2. The molecule has 0 saturated carbocycles. The molecule has 1 aliphatic rings. The van der Waals surface area contributed by atoms with Crippen LogP contribution in [0.25, 0.3) is 0 Å². The lowest BCUT2D eigenvalue weighted by Gasteiger charge is -2.34. The summed E-state index contributed by atoms with van der Waals surface area (Å²) in [6.07, 6.45) is -0.436. The van der Waals surface area contributed by atoms with Gasteiger partial charge in [0.05, 0.1) is 24.9 Å². The van der Waals surface area contributed by atoms with E-state index in [9.17, 15) is 14.4 Å². The fourth-order valence-corrected chi connectivity index (χ4v) is 3.98. The van der Waals surface area contributed by atoms with Crippen LogP contribution >= 0.6 is 0 Å². The molecule has 4 N–H and O–H groups in total. The van der Waals surface area contributed by atoms with E-state index in [1.54, 1.807) is 12.1 Å². The Kier molecular flexibility index (Phi) is 10.1. The van der Waals surface area contributed by atoms with Gasteiger partial charge in [0.15, 0.2) is 0 Å². The third-order valence-electron chi connectivity index (χ3n) is 6.17. The second-order valence-corrected chi connectivity index (χ2v) is 8.85. The van der Waals surface area contributed by atoms with Crippen LogP contribution in [0.4, 0.5) is 26.7 Å². The summed E-state index contributed by atoms with van der Waals surface area (Å²) < 4.78 is 10.8. The molecule has 0 spiro atoms. The summed E-state index contributed by atoms with van der Waals surface area (Å²) in [4.78, 5) is 39.9. The molecule has 0 aliphatic carbocycles. The number of hydrogen-bond acceptors (Lipinski definition) is 7. The number of carboxylic acids is 1. The van der Waals surface area contributed by atoms with Crippen molar-refractivity contribution in [3.05, 3.63) is 47.5 Å². The molecule has 1 aliphatic heterocycles. The lowest BCUT2D eigenvalue weighted by molar-refractivity contribution is -0.137. The monoisotopic (exact) mass is 513 g/mol. The summed E-state index contributed by atoms with van der Waals surface area (Å²) in [6.45, 7) is 8.28. The van der Waals surface area contributed by atoms with Crippen LogP contribution in [0.5, 0.6) is 5.75 Å². The number of rotatable bonds is 10. The molecule has 0 aromatic heterocycles. The molecule has 2 aromatic carbocycles. The number of hydrogen-bond donors (Lipinski definition) is 4. The first-order valence-electron chi connectivity index (χ1n) is 12.2. The number of piperazine rings is 1. The van der Waals surface area contributed by atoms with Crippen molar-refractivity contribution in [2.45, 2.75) is 20.3 Å². The van der Waals surface area contributed by atoms with Gasteiger partial charge in [-0.1, -0.05) is 18.2 Å². The maximum atomic E-state index is 12.5. The number of anilines is 3. The molecule has 11 heteroatoms. The highest BCUT2D eigenvalue weighted by Gasteiger charge is 2.18. The highest BCUT2D eigenvalue weighted by Crippen LogP contribution is 2.31. The molecule has 3 amide bonds. The molecular weight excluding hydrogens is 478 g/mol. The highest BCUT2D eigenvalue weighted by molar-refractivity contribution is 6.01. The molecular formula is C26H35N5O6. The van der Waals surface area contributed by atoms with Gasteiger partial charge in [-0.05, 0) is 37.1 Å². The van der Waals surface area contributed by atoms with Crippen LogP contribution in [-0.4, -0.2) is 86.0 Å². The van der Waals surface area contributed by atoms with Crippen molar-refractivity contribution >= 4 is 35.2 Å². The van der Waals surface area contributed by atoms with Gasteiger partial charge < -0.3 is 30.1 Å². The number of para-hydroxylation sites is 1. The molecule has 37 heavy (non-hydrogen) atoms. The predicted molar refractivity (Wildman–Crippen MR) is 142 cm³/mol. The van der Waals surface area contributed by atoms with E-state index in [0.717, 1.165) is 37.3 Å². The van der Waals surface area contributed by atoms with Gasteiger partial charge in [0.2, 0.25) is 0 Å². The van der Waals surface area contributed by atoms with Crippen LogP contribution in [0.15, 0.2) is 36.4 Å². The molecule has 0 atom stereocenters. The van der Waals surface area contributed by atoms with Crippen molar-refractivity contribution in [3.63, 3.8) is 0 Å². The molecule has 1 saturated heterocycles. The Morgan fingerprint density at radius 2 is 1.51 bits per heavy atom. The maximum absolute atomic E-state index is 12.5. The Morgan fingerprint density at radius 3 is 2.16 bits per heavy atom. The number of nitrogens with one attached hydrogen (secondary N) is 3. The van der Waals surface area contributed by atoms with Crippen molar-refractivity contribution in [2.24, 2.45) is 0 Å². The SMILES string of the molecule is COc1cc(NC(=O)OCCN2CCN(CCC(=O)O)CC2)c(C)cc1NC(=O)Nc1ccccc1C. The van der Waals surface area contributed by atoms with Gasteiger partial charge in [0, 0.05) is 51.0 Å². The quantitative estimate of drug-likeness (QED) is 0.379. The summed E-state index contributed by atoms with van der Waals surface area (Å²) in [5, 5.41) is 17.1. The number of methoxy groups -OCH3 is 1. The van der Waals surface area contributed by atoms with Crippen LogP contribution in [0.1, 0.15) is 17.5 Å². The zero-order valence-corrected chi connectivity index (χ0v) is 21.5. The summed E-state index contributed by atoms with van der Waals surface area (Å²) in [5.41, 5.74) is 3.35. The van der Waals surface area contributed by atoms with Gasteiger partial charge in [-0.2, -0.15) is 0 Å². The average molecular weight is 514 g/mol. The number of urea groups is 1. The van der Waals surface area contributed by atoms with E-state index in [0.29, 0.717) is 35.9 Å². The first-order valence-corrected chi connectivity index (χ1v) is 12.2. The lowest BCUT2D eigenvalue weighted by atomic mass is 10.1. The Hall–Kier alpha value is -3.83. The maximum Gasteiger partial charge on any atom is 0.411 e. The fourth-order valence-electron chi connectivity index (χ4n) is 3.98. The normalized spacial score (nSPS) is 14.0. The van der Waals surface area contributed by atoms with Gasteiger partial charge in [0.1, 0.15) is 12.4 Å². The first kappa shape index (κ1) is 27.8. The van der Waals surface area contributed by atoms with E-state index < -0.39 is 18.1 Å². The second-order valence-electron chi connectivity index (χ2n) is 8.85. The molecule has 1 heterocycles. The summed E-state index contributed by atoms with van der Waals surface area (Å²) in [6, 6.07) is 10.4. The van der Waals surface area contributed by atoms with E-state index in [1.807, 2.05) is 38.1 Å². The molecule has 0 bridgehead atoms. The number of aliphatic carboxylic acids is 1. The highest BCUT2D eigenvalue weighted by atomic mass is 16.5. The van der Waals surface area contributed by atoms with E-state index in [-0.39, 0.29) is 13.0 Å². The van der Waals surface area contributed by atoms with Crippen molar-refractivity contribution in [3.8, 4) is 5.75 Å². The van der Waals surface area contributed by atoms with Crippen molar-refractivity contribution in [2.75, 3.05) is 68.9 Å². The van der Waals surface area contributed by atoms with Crippen LogP contribution in [0.3, 0.4) is 0 Å². The predicted octanol–water partition coefficient (Wildman–Crippen LogP) is 3.60. The average Bonchev–Trinajstić information content (AvgIpc) is 2.86. The van der Waals surface area contributed by atoms with Crippen molar-refractivity contribution in [1.82, 2.24) is 9.80 Å². The zero-order valence-electron chi connectivity index (χ0n) is 21.5. The Morgan fingerprint density at radius 1 is 0.865 bits per heavy atom. The first-order chi connectivity index (χ1) is 17.7. The van der Waals surface area contributed by atoms with Crippen LogP contribution in [-0.2, 0) is 9.53 Å². The number of carbonyl (C=O) groups is 3. The van der Waals surface area contributed by atoms with Crippen LogP contribution in [0.2, 0.25) is 0 Å². The largest absolute Gasteiger partial charge is 0.494 e. The van der Waals surface area contributed by atoms with Gasteiger partial charge in [0.25, 0.3) is 0 Å². The minimum atomic E-state index is -0.788. The lowest BCUT2D eigenvalue weighted by Crippen LogP contribution is -2.47. The smallest absolute Gasteiger partial charge is 0.411 e. The van der Waals surface area contributed by atoms with Gasteiger partial charge >= 0.3 is 18.1 Å². The van der Waals surface area contributed by atoms with E-state index in [1.165, 1.54) is 7.11 Å². The molecule has 0 radical (unpaired) electrons. The summed E-state index contributed by atoms with van der Waals surface area (Å²) in [5.74, 6) is -0.397. The molecule has 200 valence electrons. The minimum absolute atomic E-state index is 0.144. The Balaban J connectivity index is 1.46. The summed E-state index contributed by atoms with van der Waals surface area (Å²) >= 11 is 0. The Labute approximate surface area is 216 Å². The summed E-state index contributed by atoms with van der Waals surface area (Å²) in [7, 11) is 1.48. The minimum Gasteiger partial charge on any atom is -0.494 e. The number of amides is 3. The second kappa shape index (κ2) is 13.5. The Bertz CT molecular complexity index is 1100. The molecule has 3 rings (SSSR count). The zero-order chi connectivity index (χ0) is 26.8. The number of aryl methyl sites for hydroxylation is 2. The topological polar surface area (TPSA) is 132 Å². The van der Waals surface area contributed by atoms with Crippen LogP contribution < -0.4 is 20.7 Å². The third kappa shape index (κ3) is 8.65. The number of nitrogens with zero attached hydrogens (tertiary/aromatic N) is 2. The molecule has 2 aromatic rings. The van der Waals surface area contributed by atoms with Gasteiger partial charge in [-0.15, -0.1) is 0 Å². The fraction of sp³-hybridized carbons (Fsp3) is 0.423. The van der Waals surface area contributed by atoms with Gasteiger partial charge in [-0.25, -0.2) is 9.59 Å². The van der Waals surface area contributed by atoms with Crippen LogP contribution in [0, 0.1) is 13.8 Å². The van der Waals surface area contributed by atoms with E-state index >= 15 is 0 Å². The number of carboxylic acid groups (broad SMARTS) is 1. The molecule has 11 nitrogen and oxygen atoms in total. The van der Waals surface area contributed by atoms with E-state index in [2.05, 4.69) is 25.8 Å². The van der Waals surface area contributed by atoms with Crippen molar-refractivity contribution in [1.29, 1.82) is 0 Å². The number of ether oxygens (including phenoxy) is 2. The molecule has 0 unspecified atom stereocenters. The van der Waals surface area contributed by atoms with Gasteiger partial charge in [-0.3, -0.25) is 15.0 Å². The van der Waals surface area contributed by atoms with E-state index in [4.69, 9.17) is 14.6 Å². The standard InChI is InChI=1S/C26H35N5O6/c1-18-6-4-5-7-20(18)27-25(34)28-22-16-19(2)21(17-23(22)36-3)29-26(35)37-15-14-31-12-10-30(11-13-31)9-8-24(32)33/h4-7,16-17H,8-15H2,1-3H3,(H,29,35)(H,32,33)(H2,27,28,34).